The van der Waals surface area contributed by atoms with Gasteiger partial charge in [-0.15, -0.1) is 0 Å². The molecule has 0 aliphatic carbocycles. The summed E-state index contributed by atoms with van der Waals surface area (Å²) in [6.45, 7) is 0.749. The van der Waals surface area contributed by atoms with E-state index in [0.29, 0.717) is 36.6 Å². The molecule has 0 saturated carbocycles. The number of amides is 1. The van der Waals surface area contributed by atoms with Crippen molar-refractivity contribution < 1.29 is 27.4 Å². The summed E-state index contributed by atoms with van der Waals surface area (Å²) in [6, 6.07) is 10.5. The molecule has 30 heavy (non-hydrogen) atoms. The highest BCUT2D eigenvalue weighted by Crippen LogP contribution is 2.27. The summed E-state index contributed by atoms with van der Waals surface area (Å²) in [4.78, 5) is 12.4. The standard InChI is InChI=1S/C21H26N2O6S/c1-27-18-6-4-17-14-23(10-8-15(17)12-18)30(25,26)11-9-22-21(24)16-5-7-19(28-2)20(13-16)29-3/h4-7,12-13H,8-11,14H2,1-3H3,(H,22,24). The van der Waals surface area contributed by atoms with Crippen molar-refractivity contribution in [2.24, 2.45) is 0 Å². The van der Waals surface area contributed by atoms with E-state index in [-0.39, 0.29) is 18.2 Å². The molecule has 0 bridgehead atoms. The normalized spacial score (nSPS) is 14.0. The zero-order valence-corrected chi connectivity index (χ0v) is 18.1. The average molecular weight is 435 g/mol. The number of rotatable bonds is 8. The van der Waals surface area contributed by atoms with Crippen LogP contribution in [0.5, 0.6) is 17.2 Å². The Hall–Kier alpha value is -2.78. The zero-order chi connectivity index (χ0) is 21.7. The van der Waals surface area contributed by atoms with Gasteiger partial charge >= 0.3 is 0 Å². The van der Waals surface area contributed by atoms with Crippen molar-refractivity contribution in [3.63, 3.8) is 0 Å². The smallest absolute Gasteiger partial charge is 0.251 e. The molecule has 0 radical (unpaired) electrons. The lowest BCUT2D eigenvalue weighted by atomic mass is 10.0. The Morgan fingerprint density at radius 3 is 2.47 bits per heavy atom. The van der Waals surface area contributed by atoms with E-state index >= 15 is 0 Å². The van der Waals surface area contributed by atoms with Crippen LogP contribution in [0.25, 0.3) is 0 Å². The van der Waals surface area contributed by atoms with Crippen molar-refractivity contribution in [3.8, 4) is 17.2 Å². The molecule has 0 atom stereocenters. The number of hydrogen-bond donors (Lipinski definition) is 1. The van der Waals surface area contributed by atoms with Crippen molar-refractivity contribution >= 4 is 15.9 Å². The molecular weight excluding hydrogens is 408 g/mol. The Kier molecular flexibility index (Phi) is 6.84. The van der Waals surface area contributed by atoms with Crippen LogP contribution in [0.2, 0.25) is 0 Å². The number of benzene rings is 2. The van der Waals surface area contributed by atoms with Gasteiger partial charge in [0.2, 0.25) is 10.0 Å². The summed E-state index contributed by atoms with van der Waals surface area (Å²) in [5.74, 6) is 1.17. The second-order valence-electron chi connectivity index (χ2n) is 6.86. The fourth-order valence-electron chi connectivity index (χ4n) is 3.37. The van der Waals surface area contributed by atoms with Gasteiger partial charge in [0.25, 0.3) is 5.91 Å². The minimum atomic E-state index is -3.50. The number of nitrogens with zero attached hydrogens (tertiary/aromatic N) is 1. The van der Waals surface area contributed by atoms with Gasteiger partial charge in [0, 0.05) is 25.2 Å². The second kappa shape index (κ2) is 9.36. The third kappa shape index (κ3) is 4.85. The quantitative estimate of drug-likeness (QED) is 0.681. The van der Waals surface area contributed by atoms with Gasteiger partial charge < -0.3 is 19.5 Å². The first-order valence-corrected chi connectivity index (χ1v) is 11.1. The number of methoxy groups -OCH3 is 3. The van der Waals surface area contributed by atoms with E-state index in [0.717, 1.165) is 16.9 Å². The van der Waals surface area contributed by atoms with Gasteiger partial charge in [-0.05, 0) is 47.9 Å². The minimum Gasteiger partial charge on any atom is -0.497 e. The van der Waals surface area contributed by atoms with Crippen molar-refractivity contribution in [1.82, 2.24) is 9.62 Å². The number of ether oxygens (including phenoxy) is 3. The molecule has 1 heterocycles. The SMILES string of the molecule is COc1ccc2c(c1)CCN(S(=O)(=O)CCNC(=O)c1ccc(OC)c(OC)c1)C2. The van der Waals surface area contributed by atoms with Crippen molar-refractivity contribution in [2.75, 3.05) is 40.2 Å². The second-order valence-corrected chi connectivity index (χ2v) is 8.95. The lowest BCUT2D eigenvalue weighted by Gasteiger charge is -2.28. The van der Waals surface area contributed by atoms with Gasteiger partial charge in [0.15, 0.2) is 11.5 Å². The molecule has 1 aliphatic rings. The molecule has 0 unspecified atom stereocenters. The molecule has 0 spiro atoms. The maximum absolute atomic E-state index is 12.7. The van der Waals surface area contributed by atoms with Crippen LogP contribution in [-0.2, 0) is 23.0 Å². The first-order valence-electron chi connectivity index (χ1n) is 9.52. The lowest BCUT2D eigenvalue weighted by Crippen LogP contribution is -2.40. The van der Waals surface area contributed by atoms with E-state index in [1.54, 1.807) is 25.3 Å². The van der Waals surface area contributed by atoms with Crippen molar-refractivity contribution in [1.29, 1.82) is 0 Å². The number of fused-ring (bicyclic) bond motifs is 1. The third-order valence-corrected chi connectivity index (χ3v) is 6.89. The lowest BCUT2D eigenvalue weighted by molar-refractivity contribution is 0.0955. The molecule has 2 aromatic carbocycles. The van der Waals surface area contributed by atoms with Crippen LogP contribution in [0.4, 0.5) is 0 Å². The van der Waals surface area contributed by atoms with Crippen LogP contribution in [0.15, 0.2) is 36.4 Å². The molecule has 1 aliphatic heterocycles. The highest BCUT2D eigenvalue weighted by atomic mass is 32.2. The van der Waals surface area contributed by atoms with Gasteiger partial charge in [-0.2, -0.15) is 4.31 Å². The summed E-state index contributed by atoms with van der Waals surface area (Å²) < 4.78 is 42.5. The predicted octanol–water partition coefficient (Wildman–Crippen LogP) is 1.83. The monoisotopic (exact) mass is 434 g/mol. The van der Waals surface area contributed by atoms with Crippen LogP contribution >= 0.6 is 0 Å². The van der Waals surface area contributed by atoms with Gasteiger partial charge in [0.1, 0.15) is 5.75 Å². The van der Waals surface area contributed by atoms with Crippen LogP contribution in [-0.4, -0.2) is 58.8 Å². The molecule has 9 heteroatoms. The largest absolute Gasteiger partial charge is 0.497 e. The molecule has 0 aromatic heterocycles. The number of hydrogen-bond acceptors (Lipinski definition) is 6. The molecule has 0 saturated heterocycles. The fraction of sp³-hybridized carbons (Fsp3) is 0.381. The Bertz CT molecular complexity index is 1020. The van der Waals surface area contributed by atoms with Gasteiger partial charge in [-0.1, -0.05) is 6.07 Å². The molecule has 3 rings (SSSR count). The number of carbonyl (C=O) groups excluding carboxylic acids is 1. The van der Waals surface area contributed by atoms with E-state index in [1.807, 2.05) is 18.2 Å². The zero-order valence-electron chi connectivity index (χ0n) is 17.3. The highest BCUT2D eigenvalue weighted by molar-refractivity contribution is 7.89. The topological polar surface area (TPSA) is 94.2 Å². The van der Waals surface area contributed by atoms with E-state index in [4.69, 9.17) is 14.2 Å². The molecule has 8 nitrogen and oxygen atoms in total. The first-order chi connectivity index (χ1) is 14.4. The predicted molar refractivity (Wildman–Crippen MR) is 113 cm³/mol. The van der Waals surface area contributed by atoms with E-state index in [2.05, 4.69) is 5.32 Å². The molecular formula is C21H26N2O6S. The van der Waals surface area contributed by atoms with Crippen LogP contribution in [0, 0.1) is 0 Å². The molecule has 1 N–H and O–H groups in total. The molecule has 1 amide bonds. The summed E-state index contributed by atoms with van der Waals surface area (Å²) in [6.07, 6.45) is 0.629. The summed E-state index contributed by atoms with van der Waals surface area (Å²) in [5, 5.41) is 2.66. The molecule has 162 valence electrons. The number of carbonyl (C=O) groups is 1. The minimum absolute atomic E-state index is 0.0154. The maximum Gasteiger partial charge on any atom is 0.251 e. The Labute approximate surface area is 176 Å². The average Bonchev–Trinajstić information content (AvgIpc) is 2.77. The van der Waals surface area contributed by atoms with Crippen LogP contribution in [0.1, 0.15) is 21.5 Å². The summed E-state index contributed by atoms with van der Waals surface area (Å²) in [5.41, 5.74) is 2.44. The summed E-state index contributed by atoms with van der Waals surface area (Å²) >= 11 is 0. The van der Waals surface area contributed by atoms with Gasteiger partial charge in [-0.25, -0.2) is 8.42 Å². The third-order valence-electron chi connectivity index (χ3n) is 5.08. The molecule has 2 aromatic rings. The van der Waals surface area contributed by atoms with E-state index in [1.165, 1.54) is 18.5 Å². The van der Waals surface area contributed by atoms with Gasteiger partial charge in [-0.3, -0.25) is 4.79 Å². The van der Waals surface area contributed by atoms with Crippen LogP contribution in [0.3, 0.4) is 0 Å². The molecule has 0 fully saturated rings. The number of nitrogens with one attached hydrogen (secondary N) is 1. The Morgan fingerprint density at radius 2 is 1.77 bits per heavy atom. The van der Waals surface area contributed by atoms with Crippen molar-refractivity contribution in [2.45, 2.75) is 13.0 Å². The highest BCUT2D eigenvalue weighted by Gasteiger charge is 2.26. The van der Waals surface area contributed by atoms with Crippen molar-refractivity contribution in [3.05, 3.63) is 53.1 Å². The first kappa shape index (κ1) is 21.9. The van der Waals surface area contributed by atoms with Gasteiger partial charge in [0.05, 0.1) is 27.1 Å². The fourth-order valence-corrected chi connectivity index (χ4v) is 4.69. The van der Waals surface area contributed by atoms with E-state index < -0.39 is 10.0 Å². The summed E-state index contributed by atoms with van der Waals surface area (Å²) in [7, 11) is 1.11. The Balaban J connectivity index is 1.58. The Morgan fingerprint density at radius 1 is 1.00 bits per heavy atom. The number of sulfonamides is 1. The van der Waals surface area contributed by atoms with Crippen LogP contribution < -0.4 is 19.5 Å². The van der Waals surface area contributed by atoms with E-state index in [9.17, 15) is 13.2 Å². The maximum atomic E-state index is 12.7.